The molecular formula is C13H16BrN3O3. The van der Waals surface area contributed by atoms with E-state index in [1.165, 1.54) is 18.2 Å². The van der Waals surface area contributed by atoms with Crippen LogP contribution in [0.5, 0.6) is 0 Å². The van der Waals surface area contributed by atoms with Crippen LogP contribution in [0.4, 0.5) is 5.69 Å². The summed E-state index contributed by atoms with van der Waals surface area (Å²) in [4.78, 5) is 24.5. The Labute approximate surface area is 125 Å². The van der Waals surface area contributed by atoms with Crippen molar-refractivity contribution in [2.45, 2.75) is 12.8 Å². The summed E-state index contributed by atoms with van der Waals surface area (Å²) in [7, 11) is 0. The Balaban J connectivity index is 2.24. The number of nitro groups is 1. The number of nitrogens with zero attached hydrogens (tertiary/aromatic N) is 2. The number of nitro benzene ring substituents is 1. The van der Waals surface area contributed by atoms with Gasteiger partial charge in [-0.2, -0.15) is 0 Å². The number of carbonyl (C=O) groups is 1. The van der Waals surface area contributed by atoms with Gasteiger partial charge < -0.3 is 10.6 Å². The van der Waals surface area contributed by atoms with Gasteiger partial charge in [-0.1, -0.05) is 0 Å². The molecule has 1 atom stereocenters. The van der Waals surface area contributed by atoms with Gasteiger partial charge in [0.05, 0.1) is 10.5 Å². The number of amides is 1. The van der Waals surface area contributed by atoms with E-state index >= 15 is 0 Å². The topological polar surface area (TPSA) is 89.5 Å². The Morgan fingerprint density at radius 1 is 1.55 bits per heavy atom. The number of likely N-dealkylation sites (tertiary alicyclic amines) is 1. The average molecular weight is 342 g/mol. The fraction of sp³-hybridized carbons (Fsp3) is 0.462. The third-order valence-corrected chi connectivity index (χ3v) is 4.22. The van der Waals surface area contributed by atoms with Crippen molar-refractivity contribution < 1.29 is 9.72 Å². The van der Waals surface area contributed by atoms with Gasteiger partial charge in [0.1, 0.15) is 0 Å². The zero-order valence-electron chi connectivity index (χ0n) is 10.9. The lowest BCUT2D eigenvalue weighted by Crippen LogP contribution is -2.42. The van der Waals surface area contributed by atoms with Crippen molar-refractivity contribution in [1.82, 2.24) is 4.90 Å². The smallest absolute Gasteiger partial charge is 0.270 e. The molecule has 1 amide bonds. The van der Waals surface area contributed by atoms with Crippen LogP contribution in [0.1, 0.15) is 23.2 Å². The Bertz CT molecular complexity index is 536. The Morgan fingerprint density at radius 3 is 2.95 bits per heavy atom. The number of nitrogens with two attached hydrogens (primary N) is 1. The monoisotopic (exact) mass is 341 g/mol. The highest BCUT2D eigenvalue weighted by atomic mass is 79.9. The lowest BCUT2D eigenvalue weighted by molar-refractivity contribution is -0.384. The van der Waals surface area contributed by atoms with E-state index in [1.54, 1.807) is 4.90 Å². The van der Waals surface area contributed by atoms with Gasteiger partial charge in [0.2, 0.25) is 0 Å². The number of halogens is 1. The number of non-ortho nitro benzene ring substituents is 1. The largest absolute Gasteiger partial charge is 0.338 e. The first-order valence-corrected chi connectivity index (χ1v) is 7.25. The summed E-state index contributed by atoms with van der Waals surface area (Å²) in [6.07, 6.45) is 1.94. The molecule has 1 aromatic rings. The molecule has 1 unspecified atom stereocenters. The minimum absolute atomic E-state index is 0.0797. The molecule has 1 saturated heterocycles. The predicted octanol–water partition coefficient (Wildman–Crippen LogP) is 2.17. The Kier molecular flexibility index (Phi) is 4.72. The lowest BCUT2D eigenvalue weighted by atomic mass is 9.97. The van der Waals surface area contributed by atoms with Crippen LogP contribution in [0.3, 0.4) is 0 Å². The fourth-order valence-electron chi connectivity index (χ4n) is 2.40. The van der Waals surface area contributed by atoms with Gasteiger partial charge in [-0.05, 0) is 47.3 Å². The molecule has 0 bridgehead atoms. The minimum atomic E-state index is -0.498. The normalized spacial score (nSPS) is 18.9. The molecule has 7 heteroatoms. The Morgan fingerprint density at radius 2 is 2.30 bits per heavy atom. The SMILES string of the molecule is NCC1CCCN(C(=O)c2cc([N+](=O)[O-])ccc2Br)C1. The van der Waals surface area contributed by atoms with Crippen LogP contribution in [-0.2, 0) is 0 Å². The van der Waals surface area contributed by atoms with Gasteiger partial charge in [0.25, 0.3) is 11.6 Å². The molecule has 1 aliphatic rings. The molecule has 0 spiro atoms. The highest BCUT2D eigenvalue weighted by molar-refractivity contribution is 9.10. The van der Waals surface area contributed by atoms with Gasteiger partial charge in [-0.25, -0.2) is 0 Å². The summed E-state index contributed by atoms with van der Waals surface area (Å²) >= 11 is 3.28. The second kappa shape index (κ2) is 6.32. The van der Waals surface area contributed by atoms with Gasteiger partial charge in [-0.3, -0.25) is 14.9 Å². The summed E-state index contributed by atoms with van der Waals surface area (Å²) in [5, 5.41) is 10.8. The summed E-state index contributed by atoms with van der Waals surface area (Å²) in [5.74, 6) is 0.129. The molecule has 0 aromatic heterocycles. The molecule has 6 nitrogen and oxygen atoms in total. The molecule has 0 saturated carbocycles. The number of benzene rings is 1. The van der Waals surface area contributed by atoms with E-state index in [9.17, 15) is 14.9 Å². The standard InChI is InChI=1S/C13H16BrN3O3/c14-12-4-3-10(17(19)20)6-11(12)13(18)16-5-1-2-9(7-15)8-16/h3-4,6,9H,1-2,5,7-8,15H2. The van der Waals surface area contributed by atoms with E-state index in [4.69, 9.17) is 5.73 Å². The molecule has 2 rings (SSSR count). The van der Waals surface area contributed by atoms with Crippen LogP contribution >= 0.6 is 15.9 Å². The van der Waals surface area contributed by atoms with E-state index in [2.05, 4.69) is 15.9 Å². The Hall–Kier alpha value is -1.47. The molecule has 2 N–H and O–H groups in total. The van der Waals surface area contributed by atoms with Crippen molar-refractivity contribution in [2.24, 2.45) is 11.7 Å². The summed E-state index contributed by atoms with van der Waals surface area (Å²) in [5.41, 5.74) is 5.91. The number of carbonyl (C=O) groups excluding carboxylic acids is 1. The molecule has 20 heavy (non-hydrogen) atoms. The summed E-state index contributed by atoms with van der Waals surface area (Å²) in [6.45, 7) is 1.84. The molecule has 108 valence electrons. The van der Waals surface area contributed by atoms with Crippen LogP contribution in [0.2, 0.25) is 0 Å². The van der Waals surface area contributed by atoms with Crippen LogP contribution < -0.4 is 5.73 Å². The maximum absolute atomic E-state index is 12.5. The lowest BCUT2D eigenvalue weighted by Gasteiger charge is -2.32. The van der Waals surface area contributed by atoms with Crippen molar-refractivity contribution in [3.05, 3.63) is 38.3 Å². The summed E-state index contributed by atoms with van der Waals surface area (Å²) < 4.78 is 0.572. The zero-order valence-corrected chi connectivity index (χ0v) is 12.5. The van der Waals surface area contributed by atoms with Gasteiger partial charge in [-0.15, -0.1) is 0 Å². The van der Waals surface area contributed by atoms with Gasteiger partial charge in [0.15, 0.2) is 0 Å². The van der Waals surface area contributed by atoms with Crippen LogP contribution in [0.25, 0.3) is 0 Å². The highest BCUT2D eigenvalue weighted by Crippen LogP contribution is 2.25. The summed E-state index contributed by atoms with van der Waals surface area (Å²) in [6, 6.07) is 4.23. The first-order valence-electron chi connectivity index (χ1n) is 6.46. The number of piperidine rings is 1. The number of rotatable bonds is 3. The van der Waals surface area contributed by atoms with E-state index < -0.39 is 4.92 Å². The molecule has 0 aliphatic carbocycles. The van der Waals surface area contributed by atoms with E-state index in [-0.39, 0.29) is 11.6 Å². The highest BCUT2D eigenvalue weighted by Gasteiger charge is 2.26. The molecule has 1 aromatic carbocycles. The van der Waals surface area contributed by atoms with Crippen molar-refractivity contribution in [2.75, 3.05) is 19.6 Å². The van der Waals surface area contributed by atoms with Crippen LogP contribution in [-0.4, -0.2) is 35.4 Å². The minimum Gasteiger partial charge on any atom is -0.338 e. The van der Waals surface area contributed by atoms with Gasteiger partial charge >= 0.3 is 0 Å². The number of hydrogen-bond donors (Lipinski definition) is 1. The molecule has 1 heterocycles. The first kappa shape index (κ1) is 14.9. The van der Waals surface area contributed by atoms with E-state index in [0.717, 1.165) is 12.8 Å². The molecule has 1 fully saturated rings. The van der Waals surface area contributed by atoms with E-state index in [0.29, 0.717) is 35.6 Å². The van der Waals surface area contributed by atoms with Crippen molar-refractivity contribution in [1.29, 1.82) is 0 Å². The maximum atomic E-state index is 12.5. The first-order chi connectivity index (χ1) is 9.52. The molecule has 0 radical (unpaired) electrons. The fourth-order valence-corrected chi connectivity index (χ4v) is 2.82. The second-order valence-electron chi connectivity index (χ2n) is 4.92. The third-order valence-electron chi connectivity index (χ3n) is 3.53. The average Bonchev–Trinajstić information content (AvgIpc) is 2.46. The van der Waals surface area contributed by atoms with E-state index in [1.807, 2.05) is 0 Å². The van der Waals surface area contributed by atoms with Crippen molar-refractivity contribution >= 4 is 27.5 Å². The molecule has 1 aliphatic heterocycles. The second-order valence-corrected chi connectivity index (χ2v) is 5.77. The quantitative estimate of drug-likeness (QED) is 0.673. The van der Waals surface area contributed by atoms with Crippen molar-refractivity contribution in [3.63, 3.8) is 0 Å². The van der Waals surface area contributed by atoms with Crippen LogP contribution in [0, 0.1) is 16.0 Å². The van der Waals surface area contributed by atoms with Crippen molar-refractivity contribution in [3.8, 4) is 0 Å². The van der Waals surface area contributed by atoms with Gasteiger partial charge in [0, 0.05) is 29.7 Å². The maximum Gasteiger partial charge on any atom is 0.270 e. The zero-order chi connectivity index (χ0) is 14.7. The number of hydrogen-bond acceptors (Lipinski definition) is 4. The predicted molar refractivity (Wildman–Crippen MR) is 78.5 cm³/mol. The molecular weight excluding hydrogens is 326 g/mol. The third kappa shape index (κ3) is 3.16. The van der Waals surface area contributed by atoms with Crippen LogP contribution in [0.15, 0.2) is 22.7 Å².